The second-order valence-corrected chi connectivity index (χ2v) is 7.54. The Morgan fingerprint density at radius 2 is 2.08 bits per heavy atom. The molecule has 1 aromatic carbocycles. The van der Waals surface area contributed by atoms with E-state index in [0.29, 0.717) is 19.0 Å². The average molecular weight is 328 g/mol. The number of rotatable bonds is 4. The molecule has 4 nitrogen and oxygen atoms in total. The summed E-state index contributed by atoms with van der Waals surface area (Å²) in [6.07, 6.45) is 8.10. The number of morpholine rings is 1. The molecule has 4 heteroatoms. The molecule has 130 valence electrons. The molecule has 24 heavy (non-hydrogen) atoms. The molecule has 2 fully saturated rings. The number of nitrogens with zero attached hydrogens (tertiary/aromatic N) is 1. The molecule has 3 aliphatic rings. The van der Waals surface area contributed by atoms with Crippen molar-refractivity contribution in [2.75, 3.05) is 26.2 Å². The molecular weight excluding hydrogens is 300 g/mol. The van der Waals surface area contributed by atoms with Crippen LogP contribution < -0.4 is 5.32 Å². The van der Waals surface area contributed by atoms with Gasteiger partial charge in [-0.3, -0.25) is 9.69 Å². The van der Waals surface area contributed by atoms with E-state index in [1.54, 1.807) is 0 Å². The van der Waals surface area contributed by atoms with Crippen molar-refractivity contribution in [2.45, 2.75) is 57.1 Å². The van der Waals surface area contributed by atoms with Crippen molar-refractivity contribution in [1.29, 1.82) is 0 Å². The summed E-state index contributed by atoms with van der Waals surface area (Å²) in [7, 11) is 0. The second-order valence-electron chi connectivity index (χ2n) is 7.54. The van der Waals surface area contributed by atoms with Crippen LogP contribution in [-0.2, 0) is 28.8 Å². The van der Waals surface area contributed by atoms with Gasteiger partial charge in [0.15, 0.2) is 0 Å². The minimum Gasteiger partial charge on any atom is -0.373 e. The van der Waals surface area contributed by atoms with Gasteiger partial charge < -0.3 is 10.1 Å². The zero-order chi connectivity index (χ0) is 16.4. The predicted octanol–water partition coefficient (Wildman–Crippen LogP) is 2.09. The minimum absolute atomic E-state index is 0.109. The van der Waals surface area contributed by atoms with E-state index in [1.807, 2.05) is 0 Å². The quantitative estimate of drug-likeness (QED) is 0.920. The lowest BCUT2D eigenvalue weighted by Crippen LogP contribution is -2.50. The maximum Gasteiger partial charge on any atom is 0.224 e. The van der Waals surface area contributed by atoms with Gasteiger partial charge in [-0.25, -0.2) is 0 Å². The van der Waals surface area contributed by atoms with Crippen molar-refractivity contribution in [1.82, 2.24) is 10.2 Å². The van der Waals surface area contributed by atoms with Gasteiger partial charge in [0.25, 0.3) is 0 Å². The van der Waals surface area contributed by atoms with E-state index < -0.39 is 0 Å². The van der Waals surface area contributed by atoms with Crippen molar-refractivity contribution in [2.24, 2.45) is 0 Å². The fraction of sp³-hybridized carbons (Fsp3) is 0.650. The molecule has 2 atom stereocenters. The molecule has 4 rings (SSSR count). The Kier molecular flexibility index (Phi) is 4.86. The number of carbonyl (C=O) groups is 1. The van der Waals surface area contributed by atoms with Crippen molar-refractivity contribution in [3.63, 3.8) is 0 Å². The van der Waals surface area contributed by atoms with Crippen LogP contribution in [0.3, 0.4) is 0 Å². The molecule has 0 saturated carbocycles. The van der Waals surface area contributed by atoms with Crippen LogP contribution in [0.5, 0.6) is 0 Å². The molecule has 2 heterocycles. The number of carbonyl (C=O) groups excluding carboxylic acids is 1. The molecule has 2 aliphatic heterocycles. The SMILES string of the molecule is O=C(Cc1ccc2c(c1)CCCC2)NC[C@@H]1CN2CCC[C@H]2CO1. The number of amides is 1. The number of ether oxygens (including phenoxy) is 1. The lowest BCUT2D eigenvalue weighted by molar-refractivity contribution is -0.121. The molecule has 0 radical (unpaired) electrons. The number of hydrogen-bond acceptors (Lipinski definition) is 3. The molecular formula is C20H28N2O2. The highest BCUT2D eigenvalue weighted by atomic mass is 16.5. The molecule has 1 N–H and O–H groups in total. The first-order valence-electron chi connectivity index (χ1n) is 9.51. The van der Waals surface area contributed by atoms with Crippen LogP contribution >= 0.6 is 0 Å². The van der Waals surface area contributed by atoms with Gasteiger partial charge in [0, 0.05) is 19.1 Å². The van der Waals surface area contributed by atoms with Gasteiger partial charge in [-0.15, -0.1) is 0 Å². The first kappa shape index (κ1) is 16.1. The summed E-state index contributed by atoms with van der Waals surface area (Å²) in [6, 6.07) is 7.19. The highest BCUT2D eigenvalue weighted by Gasteiger charge is 2.32. The summed E-state index contributed by atoms with van der Waals surface area (Å²) in [4.78, 5) is 14.8. The number of fused-ring (bicyclic) bond motifs is 2. The predicted molar refractivity (Wildman–Crippen MR) is 94.1 cm³/mol. The first-order valence-corrected chi connectivity index (χ1v) is 9.51. The van der Waals surface area contributed by atoms with Crippen molar-refractivity contribution < 1.29 is 9.53 Å². The second kappa shape index (κ2) is 7.24. The highest BCUT2D eigenvalue weighted by molar-refractivity contribution is 5.78. The van der Waals surface area contributed by atoms with Crippen molar-refractivity contribution in [3.05, 3.63) is 34.9 Å². The topological polar surface area (TPSA) is 41.6 Å². The number of hydrogen-bond donors (Lipinski definition) is 1. The Hall–Kier alpha value is -1.39. The maximum absolute atomic E-state index is 12.3. The van der Waals surface area contributed by atoms with E-state index in [0.717, 1.165) is 25.1 Å². The van der Waals surface area contributed by atoms with Gasteiger partial charge in [0.2, 0.25) is 5.91 Å². The lowest BCUT2D eigenvalue weighted by Gasteiger charge is -2.35. The molecule has 0 spiro atoms. The van der Waals surface area contributed by atoms with Gasteiger partial charge in [0.05, 0.1) is 19.1 Å². The van der Waals surface area contributed by atoms with E-state index >= 15 is 0 Å². The van der Waals surface area contributed by atoms with Crippen LogP contribution in [0.4, 0.5) is 0 Å². The summed E-state index contributed by atoms with van der Waals surface area (Å²) in [5, 5.41) is 3.07. The standard InChI is InChI=1S/C20H28N2O2/c23-20(11-15-7-8-16-4-1-2-5-17(16)10-15)21-12-19-13-22-9-3-6-18(22)14-24-19/h7-8,10,18-19H,1-6,9,11-14H2,(H,21,23)/t18-,19+/m0/s1. The molecule has 0 unspecified atom stereocenters. The average Bonchev–Trinajstić information content (AvgIpc) is 3.07. The maximum atomic E-state index is 12.3. The third-order valence-corrected chi connectivity index (χ3v) is 5.77. The molecule has 0 aromatic heterocycles. The Balaban J connectivity index is 1.26. The number of nitrogens with one attached hydrogen (secondary N) is 1. The number of aryl methyl sites for hydroxylation is 2. The summed E-state index contributed by atoms with van der Waals surface area (Å²) in [6.45, 7) is 3.61. The highest BCUT2D eigenvalue weighted by Crippen LogP contribution is 2.23. The van der Waals surface area contributed by atoms with Crippen LogP contribution in [0, 0.1) is 0 Å². The lowest BCUT2D eigenvalue weighted by atomic mass is 9.90. The largest absolute Gasteiger partial charge is 0.373 e. The van der Waals surface area contributed by atoms with Crippen LogP contribution in [0.2, 0.25) is 0 Å². The molecule has 1 aromatic rings. The van der Waals surface area contributed by atoms with Gasteiger partial charge in [-0.05, 0) is 61.8 Å². The zero-order valence-electron chi connectivity index (χ0n) is 14.4. The summed E-state index contributed by atoms with van der Waals surface area (Å²) in [5.41, 5.74) is 4.06. The molecule has 0 bridgehead atoms. The van der Waals surface area contributed by atoms with Gasteiger partial charge in [-0.1, -0.05) is 18.2 Å². The van der Waals surface area contributed by atoms with Gasteiger partial charge in [-0.2, -0.15) is 0 Å². The van der Waals surface area contributed by atoms with E-state index in [1.165, 1.54) is 49.8 Å². The Morgan fingerprint density at radius 1 is 1.21 bits per heavy atom. The van der Waals surface area contributed by atoms with Crippen molar-refractivity contribution in [3.8, 4) is 0 Å². The fourth-order valence-electron chi connectivity index (χ4n) is 4.38. The van der Waals surface area contributed by atoms with Gasteiger partial charge >= 0.3 is 0 Å². The van der Waals surface area contributed by atoms with Gasteiger partial charge in [0.1, 0.15) is 0 Å². The van der Waals surface area contributed by atoms with E-state index in [2.05, 4.69) is 28.4 Å². The smallest absolute Gasteiger partial charge is 0.224 e. The third kappa shape index (κ3) is 3.65. The zero-order valence-corrected chi connectivity index (χ0v) is 14.4. The Labute approximate surface area is 144 Å². The Bertz CT molecular complexity index is 601. The van der Waals surface area contributed by atoms with E-state index in [-0.39, 0.29) is 12.0 Å². The summed E-state index contributed by atoms with van der Waals surface area (Å²) >= 11 is 0. The third-order valence-electron chi connectivity index (χ3n) is 5.77. The fourth-order valence-corrected chi connectivity index (χ4v) is 4.38. The monoisotopic (exact) mass is 328 g/mol. The minimum atomic E-state index is 0.109. The van der Waals surface area contributed by atoms with E-state index in [4.69, 9.17) is 4.74 Å². The summed E-state index contributed by atoms with van der Waals surface area (Å²) < 4.78 is 5.91. The molecule has 2 saturated heterocycles. The van der Waals surface area contributed by atoms with Crippen LogP contribution in [0.1, 0.15) is 42.4 Å². The first-order chi connectivity index (χ1) is 11.8. The summed E-state index contributed by atoms with van der Waals surface area (Å²) in [5.74, 6) is 0.109. The normalized spacial score (nSPS) is 26.7. The van der Waals surface area contributed by atoms with Crippen LogP contribution in [0.15, 0.2) is 18.2 Å². The van der Waals surface area contributed by atoms with Crippen molar-refractivity contribution >= 4 is 5.91 Å². The van der Waals surface area contributed by atoms with E-state index in [9.17, 15) is 4.79 Å². The van der Waals surface area contributed by atoms with Crippen LogP contribution in [0.25, 0.3) is 0 Å². The molecule has 1 amide bonds. The number of benzene rings is 1. The van der Waals surface area contributed by atoms with Crippen LogP contribution in [-0.4, -0.2) is 49.2 Å². The molecule has 1 aliphatic carbocycles. The Morgan fingerprint density at radius 3 is 3.00 bits per heavy atom.